The van der Waals surface area contributed by atoms with Crippen molar-refractivity contribution < 1.29 is 14.3 Å². The van der Waals surface area contributed by atoms with Gasteiger partial charge in [0.25, 0.3) is 0 Å². The van der Waals surface area contributed by atoms with Crippen LogP contribution in [0.1, 0.15) is 6.92 Å². The number of hydrogen-bond acceptors (Lipinski definition) is 4. The van der Waals surface area contributed by atoms with Crippen molar-refractivity contribution >= 4 is 17.4 Å². The Kier molecular flexibility index (Phi) is 5.84. The van der Waals surface area contributed by atoms with Gasteiger partial charge in [0.05, 0.1) is 13.7 Å². The molecule has 0 saturated carbocycles. The van der Waals surface area contributed by atoms with Crippen molar-refractivity contribution in [3.63, 3.8) is 0 Å². The van der Waals surface area contributed by atoms with Crippen LogP contribution in [0.25, 0.3) is 0 Å². The van der Waals surface area contributed by atoms with E-state index in [0.29, 0.717) is 19.7 Å². The number of benzene rings is 2. The van der Waals surface area contributed by atoms with Gasteiger partial charge in [0, 0.05) is 43.6 Å². The van der Waals surface area contributed by atoms with Crippen LogP contribution in [0.15, 0.2) is 48.5 Å². The lowest BCUT2D eigenvalue weighted by Gasteiger charge is -2.36. The molecule has 138 valence electrons. The summed E-state index contributed by atoms with van der Waals surface area (Å²) in [6, 6.07) is 15.4. The first-order valence-electron chi connectivity index (χ1n) is 8.87. The van der Waals surface area contributed by atoms with E-state index in [2.05, 4.69) is 16.3 Å². The van der Waals surface area contributed by atoms with Crippen LogP contribution in [0, 0.1) is 0 Å². The number of hydrogen-bond donors (Lipinski definition) is 1. The summed E-state index contributed by atoms with van der Waals surface area (Å²) in [6.45, 7) is 5.53. The van der Waals surface area contributed by atoms with Crippen molar-refractivity contribution in [1.82, 2.24) is 4.90 Å². The van der Waals surface area contributed by atoms with Gasteiger partial charge in [-0.2, -0.15) is 0 Å². The van der Waals surface area contributed by atoms with Gasteiger partial charge in [0.2, 0.25) is 0 Å². The topological polar surface area (TPSA) is 54.0 Å². The van der Waals surface area contributed by atoms with E-state index in [1.807, 2.05) is 54.3 Å². The molecule has 0 unspecified atom stereocenters. The van der Waals surface area contributed by atoms with Crippen molar-refractivity contribution in [2.45, 2.75) is 6.92 Å². The molecule has 3 rings (SSSR count). The summed E-state index contributed by atoms with van der Waals surface area (Å²) in [4.78, 5) is 16.6. The van der Waals surface area contributed by atoms with E-state index in [4.69, 9.17) is 9.47 Å². The molecule has 1 aliphatic rings. The lowest BCUT2D eigenvalue weighted by Crippen LogP contribution is -2.50. The number of carbonyl (C=O) groups excluding carboxylic acids is 1. The van der Waals surface area contributed by atoms with E-state index in [9.17, 15) is 4.79 Å². The van der Waals surface area contributed by atoms with E-state index in [1.165, 1.54) is 0 Å². The quantitative estimate of drug-likeness (QED) is 0.893. The zero-order valence-corrected chi connectivity index (χ0v) is 15.3. The number of ether oxygens (including phenoxy) is 2. The summed E-state index contributed by atoms with van der Waals surface area (Å²) >= 11 is 0. The van der Waals surface area contributed by atoms with Gasteiger partial charge in [-0.05, 0) is 43.3 Å². The zero-order chi connectivity index (χ0) is 18.4. The third-order valence-corrected chi connectivity index (χ3v) is 4.40. The molecule has 26 heavy (non-hydrogen) atoms. The van der Waals surface area contributed by atoms with E-state index in [0.717, 1.165) is 36.0 Å². The number of nitrogens with zero attached hydrogens (tertiary/aromatic N) is 2. The molecule has 1 heterocycles. The summed E-state index contributed by atoms with van der Waals surface area (Å²) in [7, 11) is 1.67. The van der Waals surface area contributed by atoms with Crippen LogP contribution < -0.4 is 19.7 Å². The fourth-order valence-electron chi connectivity index (χ4n) is 2.98. The molecule has 1 N–H and O–H groups in total. The van der Waals surface area contributed by atoms with E-state index < -0.39 is 0 Å². The van der Waals surface area contributed by atoms with Gasteiger partial charge in [-0.3, -0.25) is 0 Å². The minimum Gasteiger partial charge on any atom is -0.497 e. The Bertz CT molecular complexity index is 725. The van der Waals surface area contributed by atoms with Crippen LogP contribution in [-0.4, -0.2) is 50.8 Å². The molecule has 0 atom stereocenters. The number of urea groups is 1. The number of carbonyl (C=O) groups is 1. The monoisotopic (exact) mass is 355 g/mol. The number of anilines is 2. The second-order valence-corrected chi connectivity index (χ2v) is 6.06. The molecular formula is C20H25N3O3. The van der Waals surface area contributed by atoms with Crippen LogP contribution in [0.5, 0.6) is 11.5 Å². The van der Waals surface area contributed by atoms with Crippen LogP contribution in [0.4, 0.5) is 16.2 Å². The number of piperazine rings is 1. The third kappa shape index (κ3) is 4.39. The lowest BCUT2D eigenvalue weighted by molar-refractivity contribution is 0.208. The summed E-state index contributed by atoms with van der Waals surface area (Å²) in [5.74, 6) is 1.65. The molecule has 6 nitrogen and oxygen atoms in total. The van der Waals surface area contributed by atoms with Crippen molar-refractivity contribution in [1.29, 1.82) is 0 Å². The second-order valence-electron chi connectivity index (χ2n) is 6.06. The van der Waals surface area contributed by atoms with Gasteiger partial charge >= 0.3 is 6.03 Å². The third-order valence-electron chi connectivity index (χ3n) is 4.40. The molecule has 1 fully saturated rings. The Hall–Kier alpha value is -2.89. The Morgan fingerprint density at radius 3 is 2.42 bits per heavy atom. The van der Waals surface area contributed by atoms with Gasteiger partial charge in [0.1, 0.15) is 11.5 Å². The fourth-order valence-corrected chi connectivity index (χ4v) is 2.98. The minimum absolute atomic E-state index is 0.0700. The second kappa shape index (κ2) is 8.47. The molecule has 1 saturated heterocycles. The molecule has 0 radical (unpaired) electrons. The van der Waals surface area contributed by atoms with Crippen LogP contribution >= 0.6 is 0 Å². The molecular weight excluding hydrogens is 330 g/mol. The SMILES string of the molecule is CCOc1ccc(NC(=O)N2CCN(c3cccc(OC)c3)CC2)cc1. The van der Waals surface area contributed by atoms with Crippen molar-refractivity contribution in [2.24, 2.45) is 0 Å². The van der Waals surface area contributed by atoms with E-state index >= 15 is 0 Å². The van der Waals surface area contributed by atoms with Crippen molar-refractivity contribution in [3.8, 4) is 11.5 Å². The fraction of sp³-hybridized carbons (Fsp3) is 0.350. The lowest BCUT2D eigenvalue weighted by atomic mass is 10.2. The van der Waals surface area contributed by atoms with Gasteiger partial charge in [-0.25, -0.2) is 4.79 Å². The molecule has 6 heteroatoms. The van der Waals surface area contributed by atoms with E-state index in [1.54, 1.807) is 7.11 Å². The van der Waals surface area contributed by atoms with Gasteiger partial charge in [-0.15, -0.1) is 0 Å². The van der Waals surface area contributed by atoms with Crippen LogP contribution in [0.3, 0.4) is 0 Å². The van der Waals surface area contributed by atoms with Gasteiger partial charge in [-0.1, -0.05) is 6.07 Å². The van der Waals surface area contributed by atoms with E-state index in [-0.39, 0.29) is 6.03 Å². The maximum absolute atomic E-state index is 12.5. The van der Waals surface area contributed by atoms with Crippen molar-refractivity contribution in [2.75, 3.05) is 50.1 Å². The summed E-state index contributed by atoms with van der Waals surface area (Å²) in [6.07, 6.45) is 0. The summed E-state index contributed by atoms with van der Waals surface area (Å²) in [5.41, 5.74) is 1.89. The Morgan fingerprint density at radius 1 is 1.04 bits per heavy atom. The molecule has 1 aliphatic heterocycles. The highest BCUT2D eigenvalue weighted by atomic mass is 16.5. The Morgan fingerprint density at radius 2 is 1.77 bits per heavy atom. The molecule has 0 bridgehead atoms. The Labute approximate surface area is 154 Å². The molecule has 2 aromatic carbocycles. The maximum atomic E-state index is 12.5. The average molecular weight is 355 g/mol. The van der Waals surface area contributed by atoms with Crippen LogP contribution in [-0.2, 0) is 0 Å². The largest absolute Gasteiger partial charge is 0.497 e. The zero-order valence-electron chi connectivity index (χ0n) is 15.3. The van der Waals surface area contributed by atoms with Gasteiger partial charge in [0.15, 0.2) is 0 Å². The summed E-state index contributed by atoms with van der Waals surface area (Å²) < 4.78 is 10.7. The molecule has 0 spiro atoms. The van der Waals surface area contributed by atoms with Crippen molar-refractivity contribution in [3.05, 3.63) is 48.5 Å². The molecule has 2 aromatic rings. The average Bonchev–Trinajstić information content (AvgIpc) is 2.70. The first-order valence-corrected chi connectivity index (χ1v) is 8.87. The standard InChI is InChI=1S/C20H25N3O3/c1-3-26-18-9-7-16(8-10-18)21-20(24)23-13-11-22(12-14-23)17-5-4-6-19(15-17)25-2/h4-10,15H,3,11-14H2,1-2H3,(H,21,24). The highest BCUT2D eigenvalue weighted by molar-refractivity contribution is 5.89. The van der Waals surface area contributed by atoms with Crippen LogP contribution in [0.2, 0.25) is 0 Å². The number of rotatable bonds is 5. The normalized spacial score (nSPS) is 14.1. The Balaban J connectivity index is 1.53. The smallest absolute Gasteiger partial charge is 0.321 e. The number of amides is 2. The number of methoxy groups -OCH3 is 1. The van der Waals surface area contributed by atoms with Gasteiger partial charge < -0.3 is 24.6 Å². The number of nitrogens with one attached hydrogen (secondary N) is 1. The predicted octanol–water partition coefficient (Wildman–Crippen LogP) is 3.45. The summed E-state index contributed by atoms with van der Waals surface area (Å²) in [5, 5.41) is 2.95. The molecule has 0 aliphatic carbocycles. The highest BCUT2D eigenvalue weighted by Gasteiger charge is 2.21. The molecule has 2 amide bonds. The molecule has 0 aromatic heterocycles. The minimum atomic E-state index is -0.0700. The maximum Gasteiger partial charge on any atom is 0.321 e. The first kappa shape index (κ1) is 17.9. The first-order chi connectivity index (χ1) is 12.7. The predicted molar refractivity (Wildman–Crippen MR) is 103 cm³/mol. The highest BCUT2D eigenvalue weighted by Crippen LogP contribution is 2.22.